The highest BCUT2D eigenvalue weighted by Crippen LogP contribution is 2.20. The number of hydrogen-bond acceptors (Lipinski definition) is 4. The molecule has 0 unspecified atom stereocenters. The lowest BCUT2D eigenvalue weighted by molar-refractivity contribution is 0.0696. The number of carboxylic acids is 1. The molecule has 0 atom stereocenters. The highest BCUT2D eigenvalue weighted by molar-refractivity contribution is 5.88. The van der Waals surface area contributed by atoms with Crippen molar-refractivity contribution in [2.45, 2.75) is 0 Å². The summed E-state index contributed by atoms with van der Waals surface area (Å²) in [6.45, 7) is 0. The Morgan fingerprint density at radius 2 is 1.76 bits per heavy atom. The lowest BCUT2D eigenvalue weighted by atomic mass is 10.0. The van der Waals surface area contributed by atoms with Crippen LogP contribution in [0.15, 0.2) is 48.3 Å². The van der Waals surface area contributed by atoms with Crippen LogP contribution in [0.5, 0.6) is 0 Å². The van der Waals surface area contributed by atoms with Gasteiger partial charge in [-0.25, -0.2) is 4.79 Å². The van der Waals surface area contributed by atoms with Crippen molar-refractivity contribution in [1.29, 1.82) is 10.5 Å². The van der Waals surface area contributed by atoms with Crippen LogP contribution in [0.3, 0.4) is 0 Å². The number of nitriles is 2. The molecule has 1 N–H and O–H groups in total. The fourth-order valence-corrected chi connectivity index (χ4v) is 1.74. The van der Waals surface area contributed by atoms with Gasteiger partial charge in [0.05, 0.1) is 5.56 Å². The summed E-state index contributed by atoms with van der Waals surface area (Å²) in [5, 5.41) is 26.3. The van der Waals surface area contributed by atoms with E-state index in [4.69, 9.17) is 15.6 Å². The number of allylic oxidation sites excluding steroid dienone is 1. The second-order valence-corrected chi connectivity index (χ2v) is 4.17. The summed E-state index contributed by atoms with van der Waals surface area (Å²) < 4.78 is 0. The summed E-state index contributed by atoms with van der Waals surface area (Å²) in [6.07, 6.45) is 4.35. The Bertz CT molecular complexity index is 778. The molecule has 21 heavy (non-hydrogen) atoms. The molecule has 0 aliphatic carbocycles. The van der Waals surface area contributed by atoms with Crippen molar-refractivity contribution in [3.05, 3.63) is 59.4 Å². The molecule has 0 radical (unpaired) electrons. The van der Waals surface area contributed by atoms with Crippen LogP contribution < -0.4 is 0 Å². The Hall–Kier alpha value is -3.44. The lowest BCUT2D eigenvalue weighted by Crippen LogP contribution is -1.97. The Balaban J connectivity index is 2.34. The number of pyridine rings is 1. The summed E-state index contributed by atoms with van der Waals surface area (Å²) in [5.41, 5.74) is 2.36. The van der Waals surface area contributed by atoms with E-state index in [0.717, 1.165) is 11.1 Å². The summed E-state index contributed by atoms with van der Waals surface area (Å²) in [5.74, 6) is -1.03. The monoisotopic (exact) mass is 275 g/mol. The molecule has 100 valence electrons. The van der Waals surface area contributed by atoms with Gasteiger partial charge >= 0.3 is 5.97 Å². The predicted octanol–water partition coefficient (Wildman–Crippen LogP) is 2.88. The Morgan fingerprint density at radius 1 is 1.10 bits per heavy atom. The molecule has 2 aromatic rings. The maximum Gasteiger partial charge on any atom is 0.337 e. The van der Waals surface area contributed by atoms with E-state index in [1.54, 1.807) is 42.6 Å². The van der Waals surface area contributed by atoms with E-state index < -0.39 is 5.97 Å². The molecule has 0 saturated heterocycles. The number of carboxylic acid groups (broad SMARTS) is 1. The van der Waals surface area contributed by atoms with E-state index in [1.165, 1.54) is 18.3 Å². The number of aromatic nitrogens is 1. The van der Waals surface area contributed by atoms with Gasteiger partial charge in [-0.3, -0.25) is 4.98 Å². The Labute approximate surface area is 121 Å². The molecule has 0 amide bonds. The van der Waals surface area contributed by atoms with Crippen molar-refractivity contribution in [2.24, 2.45) is 0 Å². The normalized spacial score (nSPS) is 9.24. The van der Waals surface area contributed by atoms with E-state index in [1.807, 2.05) is 0 Å². The van der Waals surface area contributed by atoms with Crippen molar-refractivity contribution >= 4 is 12.0 Å². The van der Waals surface area contributed by atoms with E-state index in [0.29, 0.717) is 5.56 Å². The van der Waals surface area contributed by atoms with Gasteiger partial charge in [-0.05, 0) is 23.3 Å². The first kappa shape index (κ1) is 14.0. The summed E-state index contributed by atoms with van der Waals surface area (Å²) in [4.78, 5) is 14.8. The zero-order valence-corrected chi connectivity index (χ0v) is 10.8. The van der Waals surface area contributed by atoms with Crippen LogP contribution >= 0.6 is 0 Å². The predicted molar refractivity (Wildman–Crippen MR) is 75.8 cm³/mol. The van der Waals surface area contributed by atoms with Crippen LogP contribution in [0.2, 0.25) is 0 Å². The van der Waals surface area contributed by atoms with Crippen molar-refractivity contribution in [3.8, 4) is 23.3 Å². The minimum absolute atomic E-state index is 0.0253. The molecule has 2 rings (SSSR count). The average molecular weight is 275 g/mol. The summed E-state index contributed by atoms with van der Waals surface area (Å²) in [7, 11) is 0. The van der Waals surface area contributed by atoms with E-state index in [-0.39, 0.29) is 11.1 Å². The number of hydrogen-bond donors (Lipinski definition) is 1. The van der Waals surface area contributed by atoms with Gasteiger partial charge in [0, 0.05) is 18.0 Å². The second kappa shape index (κ2) is 6.14. The third kappa shape index (κ3) is 3.31. The van der Waals surface area contributed by atoms with Crippen LogP contribution in [0, 0.1) is 22.7 Å². The van der Waals surface area contributed by atoms with Gasteiger partial charge in [0.25, 0.3) is 0 Å². The van der Waals surface area contributed by atoms with Crippen molar-refractivity contribution < 1.29 is 9.90 Å². The Morgan fingerprint density at radius 3 is 2.33 bits per heavy atom. The maximum absolute atomic E-state index is 10.9. The van der Waals surface area contributed by atoms with Crippen LogP contribution in [0.25, 0.3) is 17.2 Å². The van der Waals surface area contributed by atoms with Gasteiger partial charge in [0.2, 0.25) is 0 Å². The molecule has 0 aliphatic heterocycles. The van der Waals surface area contributed by atoms with Crippen LogP contribution in [-0.4, -0.2) is 16.1 Å². The van der Waals surface area contributed by atoms with Crippen molar-refractivity contribution in [1.82, 2.24) is 4.98 Å². The van der Waals surface area contributed by atoms with Gasteiger partial charge in [0.15, 0.2) is 0 Å². The number of carbonyl (C=O) groups is 1. The van der Waals surface area contributed by atoms with E-state index in [2.05, 4.69) is 4.98 Å². The standard InChI is InChI=1S/C16H9N3O2/c17-7-12(8-18)5-11-1-3-13(4-2-11)14-6-15(16(20)21)10-19-9-14/h1-6,9-10H,(H,20,21). The highest BCUT2D eigenvalue weighted by Gasteiger charge is 2.05. The third-order valence-corrected chi connectivity index (χ3v) is 2.78. The molecule has 0 fully saturated rings. The number of nitrogens with zero attached hydrogens (tertiary/aromatic N) is 3. The number of rotatable bonds is 3. The highest BCUT2D eigenvalue weighted by atomic mass is 16.4. The number of benzene rings is 1. The van der Waals surface area contributed by atoms with Gasteiger partial charge < -0.3 is 5.11 Å². The van der Waals surface area contributed by atoms with Gasteiger partial charge in [0.1, 0.15) is 17.7 Å². The summed E-state index contributed by atoms with van der Waals surface area (Å²) in [6, 6.07) is 12.2. The van der Waals surface area contributed by atoms with E-state index >= 15 is 0 Å². The minimum Gasteiger partial charge on any atom is -0.478 e. The molecule has 0 aliphatic rings. The minimum atomic E-state index is -1.03. The molecular formula is C16H9N3O2. The zero-order chi connectivity index (χ0) is 15.2. The number of aromatic carboxylic acids is 1. The van der Waals surface area contributed by atoms with E-state index in [9.17, 15) is 4.79 Å². The molecule has 0 bridgehead atoms. The molecule has 0 saturated carbocycles. The molecule has 1 aromatic heterocycles. The van der Waals surface area contributed by atoms with Crippen LogP contribution in [0.1, 0.15) is 15.9 Å². The zero-order valence-electron chi connectivity index (χ0n) is 10.8. The second-order valence-electron chi connectivity index (χ2n) is 4.17. The van der Waals surface area contributed by atoms with Crippen molar-refractivity contribution in [2.75, 3.05) is 0 Å². The summed E-state index contributed by atoms with van der Waals surface area (Å²) >= 11 is 0. The fraction of sp³-hybridized carbons (Fsp3) is 0. The Kier molecular flexibility index (Phi) is 4.09. The molecule has 5 heteroatoms. The third-order valence-electron chi connectivity index (χ3n) is 2.78. The fourth-order valence-electron chi connectivity index (χ4n) is 1.74. The lowest BCUT2D eigenvalue weighted by Gasteiger charge is -2.03. The molecule has 5 nitrogen and oxygen atoms in total. The largest absolute Gasteiger partial charge is 0.478 e. The van der Waals surface area contributed by atoms with Gasteiger partial charge in [-0.2, -0.15) is 10.5 Å². The maximum atomic E-state index is 10.9. The molecule has 0 spiro atoms. The quantitative estimate of drug-likeness (QED) is 0.868. The first-order chi connectivity index (χ1) is 10.1. The molecule has 1 heterocycles. The van der Waals surface area contributed by atoms with Gasteiger partial charge in [-0.15, -0.1) is 0 Å². The SMILES string of the molecule is N#CC(C#N)=Cc1ccc(-c2cncc(C(=O)O)c2)cc1. The average Bonchev–Trinajstić information content (AvgIpc) is 2.53. The molecular weight excluding hydrogens is 266 g/mol. The topological polar surface area (TPSA) is 97.8 Å². The van der Waals surface area contributed by atoms with Crippen LogP contribution in [0.4, 0.5) is 0 Å². The van der Waals surface area contributed by atoms with Crippen molar-refractivity contribution in [3.63, 3.8) is 0 Å². The first-order valence-electron chi connectivity index (χ1n) is 5.94. The first-order valence-corrected chi connectivity index (χ1v) is 5.94. The van der Waals surface area contributed by atoms with Gasteiger partial charge in [-0.1, -0.05) is 24.3 Å². The van der Waals surface area contributed by atoms with Crippen LogP contribution in [-0.2, 0) is 0 Å². The molecule has 1 aromatic carbocycles. The smallest absolute Gasteiger partial charge is 0.337 e.